The summed E-state index contributed by atoms with van der Waals surface area (Å²) in [7, 11) is 0. The van der Waals surface area contributed by atoms with Crippen LogP contribution in [0.5, 0.6) is 0 Å². The van der Waals surface area contributed by atoms with E-state index in [0.717, 1.165) is 24.2 Å². The zero-order chi connectivity index (χ0) is 28.1. The zero-order valence-electron chi connectivity index (χ0n) is 21.8. The van der Waals surface area contributed by atoms with E-state index in [0.29, 0.717) is 48.5 Å². The predicted molar refractivity (Wildman–Crippen MR) is 153 cm³/mol. The Morgan fingerprint density at radius 3 is 2.48 bits per heavy atom. The van der Waals surface area contributed by atoms with Gasteiger partial charge in [-0.1, -0.05) is 59.6 Å². The highest BCUT2D eigenvalue weighted by Gasteiger charge is 2.35. The predicted octanol–water partition coefficient (Wildman–Crippen LogP) is 5.28. The molecule has 10 heteroatoms. The monoisotopic (exact) mass is 582 g/mol. The summed E-state index contributed by atoms with van der Waals surface area (Å²) in [5.74, 6) is -1.28. The van der Waals surface area contributed by atoms with Crippen LogP contribution in [0.2, 0.25) is 10.0 Å². The molecule has 0 radical (unpaired) electrons. The normalized spacial score (nSPS) is 17.5. The molecule has 7 nitrogen and oxygen atoms in total. The highest BCUT2D eigenvalue weighted by atomic mass is 35.5. The summed E-state index contributed by atoms with van der Waals surface area (Å²) >= 11 is 12.6. The number of halogens is 3. The minimum atomic E-state index is -0.512. The van der Waals surface area contributed by atoms with Gasteiger partial charge in [0.15, 0.2) is 0 Å². The Bertz CT molecular complexity index is 1400. The molecule has 0 bridgehead atoms. The van der Waals surface area contributed by atoms with Crippen molar-refractivity contribution in [2.45, 2.75) is 12.5 Å². The standard InChI is InChI=1S/C30H29Cl2FN4O3/c31-23-10-8-21(9-11-23)28-19-27(25-6-1-2-7-26(25)32)34-37(28)29(38)20-36(13-12-35-14-16-40-17-15-35)30(39)22-4-3-5-24(33)18-22/h1-11,18,28H,12-17,19-20H2. The van der Waals surface area contributed by atoms with Gasteiger partial charge in [-0.3, -0.25) is 14.5 Å². The van der Waals surface area contributed by atoms with E-state index in [-0.39, 0.29) is 18.0 Å². The van der Waals surface area contributed by atoms with Gasteiger partial charge in [-0.25, -0.2) is 9.40 Å². The Kier molecular flexibility index (Phi) is 9.11. The summed E-state index contributed by atoms with van der Waals surface area (Å²) < 4.78 is 19.4. The van der Waals surface area contributed by atoms with E-state index < -0.39 is 17.8 Å². The molecule has 3 aromatic carbocycles. The van der Waals surface area contributed by atoms with Gasteiger partial charge in [-0.05, 0) is 42.0 Å². The number of carbonyl (C=O) groups excluding carboxylic acids is 2. The van der Waals surface area contributed by atoms with Crippen LogP contribution in [0.25, 0.3) is 0 Å². The molecule has 1 atom stereocenters. The minimum Gasteiger partial charge on any atom is -0.379 e. The number of nitrogens with zero attached hydrogens (tertiary/aromatic N) is 4. The average Bonchev–Trinajstić information content (AvgIpc) is 3.41. The molecule has 0 spiro atoms. The molecule has 0 aliphatic carbocycles. The second-order valence-corrected chi connectivity index (χ2v) is 10.6. The van der Waals surface area contributed by atoms with E-state index in [2.05, 4.69) is 4.90 Å². The van der Waals surface area contributed by atoms with Crippen molar-refractivity contribution in [2.24, 2.45) is 5.10 Å². The van der Waals surface area contributed by atoms with Crippen molar-refractivity contribution < 1.29 is 18.7 Å². The molecule has 0 N–H and O–H groups in total. The SMILES string of the molecule is O=C(c1cccc(F)c1)N(CCN1CCOCC1)CC(=O)N1N=C(c2ccccc2Cl)CC1c1ccc(Cl)cc1. The molecular formula is C30H29Cl2FN4O3. The Morgan fingerprint density at radius 1 is 1.00 bits per heavy atom. The summed E-state index contributed by atoms with van der Waals surface area (Å²) in [6.45, 7) is 3.36. The van der Waals surface area contributed by atoms with Gasteiger partial charge < -0.3 is 9.64 Å². The van der Waals surface area contributed by atoms with Gasteiger partial charge in [0.25, 0.3) is 11.8 Å². The van der Waals surface area contributed by atoms with E-state index in [1.165, 1.54) is 28.1 Å². The lowest BCUT2D eigenvalue weighted by molar-refractivity contribution is -0.133. The Morgan fingerprint density at radius 2 is 1.75 bits per heavy atom. The highest BCUT2D eigenvalue weighted by molar-refractivity contribution is 6.34. The number of hydrogen-bond acceptors (Lipinski definition) is 5. The van der Waals surface area contributed by atoms with Crippen LogP contribution in [0.3, 0.4) is 0 Å². The van der Waals surface area contributed by atoms with E-state index in [1.54, 1.807) is 24.3 Å². The number of hydrazone groups is 1. The molecule has 1 saturated heterocycles. The zero-order valence-corrected chi connectivity index (χ0v) is 23.3. The van der Waals surface area contributed by atoms with Crippen LogP contribution < -0.4 is 0 Å². The second-order valence-electron chi connectivity index (χ2n) is 9.73. The number of amides is 2. The van der Waals surface area contributed by atoms with Crippen LogP contribution >= 0.6 is 23.2 Å². The van der Waals surface area contributed by atoms with E-state index in [9.17, 15) is 14.0 Å². The third-order valence-corrected chi connectivity index (χ3v) is 7.66. The molecule has 2 heterocycles. The van der Waals surface area contributed by atoms with Crippen molar-refractivity contribution >= 4 is 40.7 Å². The van der Waals surface area contributed by atoms with Gasteiger partial charge in [0.2, 0.25) is 0 Å². The second kappa shape index (κ2) is 12.9. The summed E-state index contributed by atoms with van der Waals surface area (Å²) in [4.78, 5) is 31.0. The molecule has 208 valence electrons. The molecule has 0 aromatic heterocycles. The fourth-order valence-corrected chi connectivity index (χ4v) is 5.29. The maximum absolute atomic E-state index is 14.0. The van der Waals surface area contributed by atoms with Crippen LogP contribution in [0.4, 0.5) is 4.39 Å². The van der Waals surface area contributed by atoms with Gasteiger partial charge in [-0.15, -0.1) is 0 Å². The number of ether oxygens (including phenoxy) is 1. The van der Waals surface area contributed by atoms with Crippen molar-refractivity contribution in [3.8, 4) is 0 Å². The highest BCUT2D eigenvalue weighted by Crippen LogP contribution is 2.35. The summed E-state index contributed by atoms with van der Waals surface area (Å²) in [6.07, 6.45) is 0.447. The molecule has 2 aliphatic heterocycles. The fourth-order valence-electron chi connectivity index (χ4n) is 4.92. The van der Waals surface area contributed by atoms with E-state index in [1.807, 2.05) is 30.3 Å². The van der Waals surface area contributed by atoms with Crippen LogP contribution in [-0.2, 0) is 9.53 Å². The smallest absolute Gasteiger partial charge is 0.262 e. The maximum Gasteiger partial charge on any atom is 0.262 e. The third-order valence-electron chi connectivity index (χ3n) is 7.08. The first-order valence-electron chi connectivity index (χ1n) is 13.1. The van der Waals surface area contributed by atoms with Crippen molar-refractivity contribution in [3.63, 3.8) is 0 Å². The van der Waals surface area contributed by atoms with Crippen LogP contribution in [0.15, 0.2) is 77.9 Å². The Hall–Kier alpha value is -3.30. The van der Waals surface area contributed by atoms with Crippen LogP contribution in [-0.4, -0.2) is 78.3 Å². The number of hydrogen-bond donors (Lipinski definition) is 0. The largest absolute Gasteiger partial charge is 0.379 e. The van der Waals surface area contributed by atoms with Crippen molar-refractivity contribution in [1.82, 2.24) is 14.8 Å². The lowest BCUT2D eigenvalue weighted by atomic mass is 9.98. The number of rotatable bonds is 8. The van der Waals surface area contributed by atoms with Crippen molar-refractivity contribution in [2.75, 3.05) is 45.9 Å². The number of benzene rings is 3. The van der Waals surface area contributed by atoms with Gasteiger partial charge in [0.1, 0.15) is 12.4 Å². The minimum absolute atomic E-state index is 0.186. The van der Waals surface area contributed by atoms with Gasteiger partial charge in [0.05, 0.1) is 25.0 Å². The van der Waals surface area contributed by atoms with Gasteiger partial charge in [-0.2, -0.15) is 5.10 Å². The van der Waals surface area contributed by atoms with Gasteiger partial charge >= 0.3 is 0 Å². The first kappa shape index (κ1) is 28.2. The Labute approximate surface area is 242 Å². The lowest BCUT2D eigenvalue weighted by Crippen LogP contribution is -2.46. The molecule has 3 aromatic rings. The first-order chi connectivity index (χ1) is 19.4. The summed E-state index contributed by atoms with van der Waals surface area (Å²) in [5.41, 5.74) is 2.47. The number of morpholine rings is 1. The topological polar surface area (TPSA) is 65.5 Å². The molecule has 40 heavy (non-hydrogen) atoms. The molecule has 0 saturated carbocycles. The Balaban J connectivity index is 1.42. The molecule has 5 rings (SSSR count). The molecule has 2 amide bonds. The number of carbonyl (C=O) groups is 2. The van der Waals surface area contributed by atoms with Crippen molar-refractivity contribution in [1.29, 1.82) is 0 Å². The van der Waals surface area contributed by atoms with Crippen molar-refractivity contribution in [3.05, 3.63) is 105 Å². The lowest BCUT2D eigenvalue weighted by Gasteiger charge is -2.31. The molecule has 2 aliphatic rings. The molecule has 1 fully saturated rings. The van der Waals surface area contributed by atoms with E-state index >= 15 is 0 Å². The average molecular weight is 583 g/mol. The summed E-state index contributed by atoms with van der Waals surface area (Å²) in [5, 5.41) is 7.27. The fraction of sp³-hybridized carbons (Fsp3) is 0.300. The van der Waals surface area contributed by atoms with Crippen LogP contribution in [0, 0.1) is 5.82 Å². The molecule has 1 unspecified atom stereocenters. The van der Waals surface area contributed by atoms with Crippen LogP contribution in [0.1, 0.15) is 33.9 Å². The quantitative estimate of drug-likeness (QED) is 0.362. The van der Waals surface area contributed by atoms with E-state index in [4.69, 9.17) is 33.0 Å². The maximum atomic E-state index is 14.0. The molecular weight excluding hydrogens is 554 g/mol. The van der Waals surface area contributed by atoms with Gasteiger partial charge in [0, 0.05) is 53.8 Å². The first-order valence-corrected chi connectivity index (χ1v) is 13.9. The summed E-state index contributed by atoms with van der Waals surface area (Å²) in [6, 6.07) is 19.8. The third kappa shape index (κ3) is 6.70.